The highest BCUT2D eigenvalue weighted by Gasteiger charge is 2.19. The van der Waals surface area contributed by atoms with Gasteiger partial charge in [-0.05, 0) is 54.6 Å². The summed E-state index contributed by atoms with van der Waals surface area (Å²) in [5.74, 6) is 0.653. The van der Waals surface area contributed by atoms with E-state index in [0.717, 1.165) is 50.1 Å². The summed E-state index contributed by atoms with van der Waals surface area (Å²) in [6.07, 6.45) is 3.98. The third kappa shape index (κ3) is 3.76. The molecule has 206 valence electrons. The lowest BCUT2D eigenvalue weighted by Crippen LogP contribution is -2.03. The van der Waals surface area contributed by atoms with Crippen molar-refractivity contribution in [3.05, 3.63) is 152 Å². The summed E-state index contributed by atoms with van der Waals surface area (Å²) in [6, 6.07) is 48.4. The normalized spacial score (nSPS) is 11.6. The van der Waals surface area contributed by atoms with Crippen molar-refractivity contribution >= 4 is 43.6 Å². The van der Waals surface area contributed by atoms with Gasteiger partial charge in [-0.2, -0.15) is 0 Å². The third-order valence-corrected chi connectivity index (χ3v) is 8.45. The summed E-state index contributed by atoms with van der Waals surface area (Å²) in [5.41, 5.74) is 9.33. The Morgan fingerprint density at radius 1 is 0.477 bits per heavy atom. The van der Waals surface area contributed by atoms with E-state index in [4.69, 9.17) is 9.97 Å². The second-order valence-corrected chi connectivity index (χ2v) is 10.9. The number of fused-ring (bicyclic) bond motifs is 6. The highest BCUT2D eigenvalue weighted by Crippen LogP contribution is 2.38. The lowest BCUT2D eigenvalue weighted by Gasteiger charge is -2.12. The summed E-state index contributed by atoms with van der Waals surface area (Å²) in [6.45, 7) is 0. The number of para-hydroxylation sites is 3. The summed E-state index contributed by atoms with van der Waals surface area (Å²) >= 11 is 0. The molecule has 44 heavy (non-hydrogen) atoms. The number of hydrogen-bond donors (Lipinski definition) is 0. The summed E-state index contributed by atoms with van der Waals surface area (Å²) in [7, 11) is 0. The van der Waals surface area contributed by atoms with Crippen LogP contribution in [0.15, 0.2) is 152 Å². The first-order chi connectivity index (χ1) is 21.8. The lowest BCUT2D eigenvalue weighted by atomic mass is 10.0. The van der Waals surface area contributed by atoms with Crippen molar-refractivity contribution in [3.63, 3.8) is 0 Å². The third-order valence-electron chi connectivity index (χ3n) is 8.45. The molecule has 9 rings (SSSR count). The molecule has 0 spiro atoms. The van der Waals surface area contributed by atoms with Crippen LogP contribution in [0.1, 0.15) is 0 Å². The van der Waals surface area contributed by atoms with E-state index in [-0.39, 0.29) is 0 Å². The minimum Gasteiger partial charge on any atom is -0.317 e. The van der Waals surface area contributed by atoms with Gasteiger partial charge in [0.25, 0.3) is 0 Å². The summed E-state index contributed by atoms with van der Waals surface area (Å²) in [5, 5.41) is 4.60. The standard InChI is InChI=1S/C39H25N5/c1-2-10-28(11-3-1)43-25-23-31-34(43)21-22-36-37(31)30-13-5-7-16-35(30)44(36)39-41-33-15-6-4-12-29(33)38(42-39)27-19-17-26(18-20-27)32-14-8-9-24-40-32/h1-25H. The number of benzene rings is 5. The molecule has 0 atom stereocenters. The topological polar surface area (TPSA) is 48.5 Å². The maximum Gasteiger partial charge on any atom is 0.235 e. The van der Waals surface area contributed by atoms with Gasteiger partial charge < -0.3 is 4.57 Å². The Labute approximate surface area is 253 Å². The second-order valence-electron chi connectivity index (χ2n) is 10.9. The molecule has 0 fully saturated rings. The Morgan fingerprint density at radius 2 is 1.18 bits per heavy atom. The van der Waals surface area contributed by atoms with E-state index in [1.807, 2.05) is 42.6 Å². The zero-order chi connectivity index (χ0) is 29.0. The zero-order valence-electron chi connectivity index (χ0n) is 23.7. The minimum absolute atomic E-state index is 0.653. The van der Waals surface area contributed by atoms with Crippen LogP contribution in [0.25, 0.3) is 77.8 Å². The second kappa shape index (κ2) is 9.75. The Kier molecular flexibility index (Phi) is 5.43. The van der Waals surface area contributed by atoms with Crippen LogP contribution in [0, 0.1) is 0 Å². The molecule has 0 bridgehead atoms. The predicted molar refractivity (Wildman–Crippen MR) is 179 cm³/mol. The SMILES string of the molecule is c1ccc(-n2ccc3c4c5ccccc5n(-c5nc(-c6ccc(-c7ccccn7)cc6)c6ccccc6n5)c4ccc32)cc1. The van der Waals surface area contributed by atoms with E-state index in [2.05, 4.69) is 123 Å². The molecule has 5 nitrogen and oxygen atoms in total. The van der Waals surface area contributed by atoms with Crippen molar-refractivity contribution in [3.8, 4) is 34.2 Å². The smallest absolute Gasteiger partial charge is 0.235 e. The van der Waals surface area contributed by atoms with Crippen LogP contribution in [0.5, 0.6) is 0 Å². The van der Waals surface area contributed by atoms with Crippen LogP contribution in [0.3, 0.4) is 0 Å². The number of rotatable bonds is 4. The number of pyridine rings is 1. The van der Waals surface area contributed by atoms with E-state index in [9.17, 15) is 0 Å². The molecule has 0 aliphatic carbocycles. The molecule has 0 aliphatic rings. The van der Waals surface area contributed by atoms with Crippen molar-refractivity contribution in [2.75, 3.05) is 0 Å². The van der Waals surface area contributed by atoms with Gasteiger partial charge in [0.05, 0.1) is 33.5 Å². The molecule has 5 aromatic carbocycles. The zero-order valence-corrected chi connectivity index (χ0v) is 23.7. The Balaban J connectivity index is 1.28. The fourth-order valence-electron chi connectivity index (χ4n) is 6.43. The van der Waals surface area contributed by atoms with Crippen molar-refractivity contribution in [2.45, 2.75) is 0 Å². The van der Waals surface area contributed by atoms with Gasteiger partial charge in [-0.1, -0.05) is 84.9 Å². The molecular weight excluding hydrogens is 538 g/mol. The molecule has 0 saturated heterocycles. The van der Waals surface area contributed by atoms with Gasteiger partial charge in [-0.15, -0.1) is 0 Å². The fourth-order valence-corrected chi connectivity index (χ4v) is 6.43. The number of nitrogens with zero attached hydrogens (tertiary/aromatic N) is 5. The molecule has 0 aliphatic heterocycles. The largest absolute Gasteiger partial charge is 0.317 e. The van der Waals surface area contributed by atoms with Crippen molar-refractivity contribution in [1.82, 2.24) is 24.1 Å². The minimum atomic E-state index is 0.653. The fraction of sp³-hybridized carbons (Fsp3) is 0. The molecule has 5 heteroatoms. The number of hydrogen-bond acceptors (Lipinski definition) is 3. The molecule has 4 aromatic heterocycles. The monoisotopic (exact) mass is 563 g/mol. The van der Waals surface area contributed by atoms with Crippen molar-refractivity contribution in [1.29, 1.82) is 0 Å². The van der Waals surface area contributed by atoms with E-state index in [1.165, 1.54) is 21.7 Å². The quantitative estimate of drug-likeness (QED) is 0.214. The van der Waals surface area contributed by atoms with Gasteiger partial charge in [0.2, 0.25) is 5.95 Å². The molecule has 9 aromatic rings. The predicted octanol–water partition coefficient (Wildman–Crippen LogP) is 9.40. The maximum atomic E-state index is 5.28. The molecule has 0 unspecified atom stereocenters. The van der Waals surface area contributed by atoms with Crippen LogP contribution in [0.4, 0.5) is 0 Å². The Bertz CT molecular complexity index is 2470. The van der Waals surface area contributed by atoms with Crippen LogP contribution >= 0.6 is 0 Å². The van der Waals surface area contributed by atoms with Gasteiger partial charge >= 0.3 is 0 Å². The highest BCUT2D eigenvalue weighted by atomic mass is 15.2. The van der Waals surface area contributed by atoms with Crippen molar-refractivity contribution < 1.29 is 0 Å². The molecule has 4 heterocycles. The summed E-state index contributed by atoms with van der Waals surface area (Å²) < 4.78 is 4.46. The average molecular weight is 564 g/mol. The lowest BCUT2D eigenvalue weighted by molar-refractivity contribution is 1.01. The first kappa shape index (κ1) is 24.5. The molecule has 0 N–H and O–H groups in total. The van der Waals surface area contributed by atoms with E-state index in [0.29, 0.717) is 5.95 Å². The van der Waals surface area contributed by atoms with Crippen LogP contribution in [0.2, 0.25) is 0 Å². The molecule has 0 radical (unpaired) electrons. The van der Waals surface area contributed by atoms with Gasteiger partial charge in [0.15, 0.2) is 0 Å². The van der Waals surface area contributed by atoms with Crippen LogP contribution < -0.4 is 0 Å². The molecule has 0 saturated carbocycles. The highest BCUT2D eigenvalue weighted by molar-refractivity contribution is 6.21. The van der Waals surface area contributed by atoms with E-state index >= 15 is 0 Å². The molecular formula is C39H25N5. The Hall–Kier alpha value is -6.07. The van der Waals surface area contributed by atoms with Crippen molar-refractivity contribution in [2.24, 2.45) is 0 Å². The van der Waals surface area contributed by atoms with Gasteiger partial charge in [0, 0.05) is 50.8 Å². The number of aromatic nitrogens is 5. The summed E-state index contributed by atoms with van der Waals surface area (Å²) in [4.78, 5) is 14.9. The van der Waals surface area contributed by atoms with Crippen LogP contribution in [-0.4, -0.2) is 24.1 Å². The van der Waals surface area contributed by atoms with Crippen LogP contribution in [-0.2, 0) is 0 Å². The van der Waals surface area contributed by atoms with E-state index in [1.54, 1.807) is 0 Å². The first-order valence-corrected chi connectivity index (χ1v) is 14.7. The van der Waals surface area contributed by atoms with Gasteiger partial charge in [0.1, 0.15) is 0 Å². The average Bonchev–Trinajstić information content (AvgIpc) is 3.68. The maximum absolute atomic E-state index is 5.28. The molecule has 0 amide bonds. The van der Waals surface area contributed by atoms with Gasteiger partial charge in [-0.3, -0.25) is 9.55 Å². The van der Waals surface area contributed by atoms with Gasteiger partial charge in [-0.25, -0.2) is 9.97 Å². The van der Waals surface area contributed by atoms with E-state index < -0.39 is 0 Å². The Morgan fingerprint density at radius 3 is 2.02 bits per heavy atom. The first-order valence-electron chi connectivity index (χ1n) is 14.7.